The fourth-order valence-electron chi connectivity index (χ4n) is 2.49. The zero-order chi connectivity index (χ0) is 13.0. The van der Waals surface area contributed by atoms with E-state index in [4.69, 9.17) is 0 Å². The number of halogens is 1. The van der Waals surface area contributed by atoms with Gasteiger partial charge in [-0.05, 0) is 35.7 Å². The van der Waals surface area contributed by atoms with Crippen LogP contribution in [0.1, 0.15) is 39.0 Å². The highest BCUT2D eigenvalue weighted by atomic mass is 79.9. The molecule has 0 spiro atoms. The first-order valence-electron chi connectivity index (χ1n) is 6.71. The van der Waals surface area contributed by atoms with E-state index in [0.29, 0.717) is 12.0 Å². The lowest BCUT2D eigenvalue weighted by molar-refractivity contribution is 0.425. The van der Waals surface area contributed by atoms with Gasteiger partial charge in [0, 0.05) is 25.8 Å². The van der Waals surface area contributed by atoms with Gasteiger partial charge in [-0.15, -0.1) is 0 Å². The van der Waals surface area contributed by atoms with Gasteiger partial charge < -0.3 is 10.2 Å². The molecule has 4 nitrogen and oxygen atoms in total. The third kappa shape index (κ3) is 3.13. The molecule has 1 N–H and O–H groups in total. The summed E-state index contributed by atoms with van der Waals surface area (Å²) < 4.78 is 0.970. The second kappa shape index (κ2) is 6.36. The maximum atomic E-state index is 4.59. The predicted molar refractivity (Wildman–Crippen MR) is 79.2 cm³/mol. The maximum absolute atomic E-state index is 4.59. The van der Waals surface area contributed by atoms with Crippen molar-refractivity contribution in [1.82, 2.24) is 9.97 Å². The Morgan fingerprint density at radius 3 is 2.78 bits per heavy atom. The summed E-state index contributed by atoms with van der Waals surface area (Å²) in [7, 11) is 2.14. The van der Waals surface area contributed by atoms with Crippen LogP contribution in [0.15, 0.2) is 10.7 Å². The lowest BCUT2D eigenvalue weighted by atomic mass is 9.94. The Bertz CT molecular complexity index is 391. The number of rotatable bonds is 4. The molecular weight excluding hydrogens is 292 g/mol. The Morgan fingerprint density at radius 2 is 2.11 bits per heavy atom. The Kier molecular flexibility index (Phi) is 4.80. The highest BCUT2D eigenvalue weighted by Gasteiger charge is 2.21. The van der Waals surface area contributed by atoms with Gasteiger partial charge in [-0.3, -0.25) is 0 Å². The van der Waals surface area contributed by atoms with E-state index in [1.165, 1.54) is 32.1 Å². The predicted octanol–water partition coefficient (Wildman–Crippen LogP) is 3.44. The highest BCUT2D eigenvalue weighted by Crippen LogP contribution is 2.29. The van der Waals surface area contributed by atoms with E-state index < -0.39 is 0 Å². The van der Waals surface area contributed by atoms with Crippen molar-refractivity contribution in [3.05, 3.63) is 10.7 Å². The number of nitrogens with one attached hydrogen (secondary N) is 1. The van der Waals surface area contributed by atoms with Gasteiger partial charge >= 0.3 is 0 Å². The maximum Gasteiger partial charge on any atom is 0.224 e. The van der Waals surface area contributed by atoms with Crippen LogP contribution in [0.2, 0.25) is 0 Å². The summed E-state index contributed by atoms with van der Waals surface area (Å²) in [4.78, 5) is 11.2. The molecule has 1 heterocycles. The molecule has 0 bridgehead atoms. The van der Waals surface area contributed by atoms with Crippen LogP contribution >= 0.6 is 15.9 Å². The van der Waals surface area contributed by atoms with Crippen molar-refractivity contribution in [2.24, 2.45) is 0 Å². The van der Waals surface area contributed by atoms with Crippen molar-refractivity contribution in [1.29, 1.82) is 0 Å². The first-order chi connectivity index (χ1) is 8.72. The molecule has 0 amide bonds. The fourth-order valence-corrected chi connectivity index (χ4v) is 2.96. The van der Waals surface area contributed by atoms with Gasteiger partial charge in [0.25, 0.3) is 0 Å². The molecule has 1 aromatic rings. The van der Waals surface area contributed by atoms with Gasteiger partial charge in [0.2, 0.25) is 5.95 Å². The molecule has 0 aromatic carbocycles. The quantitative estimate of drug-likeness (QED) is 0.924. The van der Waals surface area contributed by atoms with Crippen molar-refractivity contribution in [2.75, 3.05) is 23.8 Å². The van der Waals surface area contributed by atoms with Gasteiger partial charge in [-0.25, -0.2) is 4.98 Å². The molecule has 0 saturated heterocycles. The monoisotopic (exact) mass is 312 g/mol. The molecule has 18 heavy (non-hydrogen) atoms. The molecule has 0 radical (unpaired) electrons. The Hall–Kier alpha value is -0.840. The van der Waals surface area contributed by atoms with Crippen LogP contribution in [0.3, 0.4) is 0 Å². The Balaban J connectivity index is 2.16. The second-order valence-corrected chi connectivity index (χ2v) is 5.65. The van der Waals surface area contributed by atoms with Crippen LogP contribution in [-0.2, 0) is 0 Å². The topological polar surface area (TPSA) is 41.1 Å². The smallest absolute Gasteiger partial charge is 0.224 e. The van der Waals surface area contributed by atoms with Gasteiger partial charge in [0.15, 0.2) is 0 Å². The number of hydrogen-bond acceptors (Lipinski definition) is 4. The van der Waals surface area contributed by atoms with Crippen LogP contribution in [-0.4, -0.2) is 29.6 Å². The van der Waals surface area contributed by atoms with E-state index in [1.54, 1.807) is 0 Å². The SMILES string of the molecule is CCNc1ncc(Br)c(N(C)C2CCCCC2)n1. The Morgan fingerprint density at radius 1 is 1.39 bits per heavy atom. The van der Waals surface area contributed by atoms with Crippen molar-refractivity contribution in [2.45, 2.75) is 45.1 Å². The van der Waals surface area contributed by atoms with Crippen molar-refractivity contribution in [3.8, 4) is 0 Å². The highest BCUT2D eigenvalue weighted by molar-refractivity contribution is 9.10. The van der Waals surface area contributed by atoms with Crippen LogP contribution in [0.5, 0.6) is 0 Å². The van der Waals surface area contributed by atoms with E-state index >= 15 is 0 Å². The minimum Gasteiger partial charge on any atom is -0.356 e. The lowest BCUT2D eigenvalue weighted by Crippen LogP contribution is -2.34. The van der Waals surface area contributed by atoms with Crippen LogP contribution < -0.4 is 10.2 Å². The van der Waals surface area contributed by atoms with Gasteiger partial charge in [0.05, 0.1) is 4.47 Å². The first-order valence-corrected chi connectivity index (χ1v) is 7.51. The molecule has 2 rings (SSSR count). The van der Waals surface area contributed by atoms with Crippen molar-refractivity contribution >= 4 is 27.7 Å². The Labute approximate surface area is 117 Å². The summed E-state index contributed by atoms with van der Waals surface area (Å²) in [6.07, 6.45) is 8.40. The van der Waals surface area contributed by atoms with Gasteiger partial charge in [-0.2, -0.15) is 4.98 Å². The number of nitrogens with zero attached hydrogens (tertiary/aromatic N) is 3. The average Bonchev–Trinajstić information content (AvgIpc) is 2.41. The summed E-state index contributed by atoms with van der Waals surface area (Å²) in [5.74, 6) is 1.70. The normalized spacial score (nSPS) is 16.6. The van der Waals surface area contributed by atoms with E-state index in [2.05, 4.69) is 50.1 Å². The second-order valence-electron chi connectivity index (χ2n) is 4.80. The zero-order valence-electron chi connectivity index (χ0n) is 11.1. The number of hydrogen-bond donors (Lipinski definition) is 1. The standard InChI is InChI=1S/C13H21BrN4/c1-3-15-13-16-9-11(14)12(17-13)18(2)10-7-5-4-6-8-10/h9-10H,3-8H2,1-2H3,(H,15,16,17). The van der Waals surface area contributed by atoms with Crippen LogP contribution in [0, 0.1) is 0 Å². The molecule has 1 aliphatic rings. The van der Waals surface area contributed by atoms with Crippen molar-refractivity contribution < 1.29 is 0 Å². The first kappa shape index (κ1) is 13.6. The molecule has 1 saturated carbocycles. The van der Waals surface area contributed by atoms with Crippen LogP contribution in [0.4, 0.5) is 11.8 Å². The van der Waals surface area contributed by atoms with E-state index in [1.807, 2.05) is 6.20 Å². The van der Waals surface area contributed by atoms with E-state index in [-0.39, 0.29) is 0 Å². The summed E-state index contributed by atoms with van der Waals surface area (Å²) in [6.45, 7) is 2.89. The molecule has 1 aliphatic carbocycles. The van der Waals surface area contributed by atoms with E-state index in [0.717, 1.165) is 16.8 Å². The average molecular weight is 313 g/mol. The zero-order valence-corrected chi connectivity index (χ0v) is 12.7. The summed E-state index contributed by atoms with van der Waals surface area (Å²) in [6, 6.07) is 0.611. The molecule has 0 unspecified atom stereocenters. The van der Waals surface area contributed by atoms with Gasteiger partial charge in [-0.1, -0.05) is 19.3 Å². The molecule has 0 aliphatic heterocycles. The van der Waals surface area contributed by atoms with Crippen LogP contribution in [0.25, 0.3) is 0 Å². The fraction of sp³-hybridized carbons (Fsp3) is 0.692. The summed E-state index contributed by atoms with van der Waals surface area (Å²) in [5, 5.41) is 3.16. The number of anilines is 2. The summed E-state index contributed by atoms with van der Waals surface area (Å²) in [5.41, 5.74) is 0. The molecule has 0 atom stereocenters. The third-order valence-corrected chi connectivity index (χ3v) is 4.08. The molecule has 1 fully saturated rings. The molecule has 5 heteroatoms. The molecule has 1 aromatic heterocycles. The largest absolute Gasteiger partial charge is 0.356 e. The van der Waals surface area contributed by atoms with E-state index in [9.17, 15) is 0 Å². The van der Waals surface area contributed by atoms with Crippen molar-refractivity contribution in [3.63, 3.8) is 0 Å². The third-order valence-electron chi connectivity index (χ3n) is 3.52. The lowest BCUT2D eigenvalue weighted by Gasteiger charge is -2.32. The minimum atomic E-state index is 0.611. The molecular formula is C13H21BrN4. The summed E-state index contributed by atoms with van der Waals surface area (Å²) >= 11 is 3.55. The number of aromatic nitrogens is 2. The van der Waals surface area contributed by atoms with Gasteiger partial charge in [0.1, 0.15) is 5.82 Å². The molecule has 100 valence electrons. The minimum absolute atomic E-state index is 0.611.